The molecule has 0 aliphatic carbocycles. The third-order valence-corrected chi connectivity index (χ3v) is 18.6. The molecule has 0 bridgehead atoms. The zero-order valence-electron chi connectivity index (χ0n) is 3.95. The Labute approximate surface area is 49.7 Å². The zero-order chi connectivity index (χ0) is 4.57. The first-order valence-corrected chi connectivity index (χ1v) is 10.0. The first-order valence-electron chi connectivity index (χ1n) is 2.43. The molecule has 3 heteroatoms. The van der Waals surface area contributed by atoms with Crippen LogP contribution in [-0.4, -0.2) is 16.2 Å². The summed E-state index contributed by atoms with van der Waals surface area (Å²) in [7, 11) is -0.165. The van der Waals surface area contributed by atoms with Gasteiger partial charge in [-0.05, 0) is 0 Å². The highest BCUT2D eigenvalue weighted by atomic mass is 79.9. The Kier molecular flexibility index (Phi) is 1.52. The van der Waals surface area contributed by atoms with Gasteiger partial charge in [-0.1, -0.05) is 17.9 Å². The van der Waals surface area contributed by atoms with Crippen LogP contribution in [0.1, 0.15) is 0 Å². The second-order valence-electron chi connectivity index (χ2n) is 2.17. The number of hydrogen-bond acceptors (Lipinski definition) is 0. The van der Waals surface area contributed by atoms with Gasteiger partial charge in [0.2, 0.25) is 0 Å². The van der Waals surface area contributed by atoms with Crippen LogP contribution in [0.2, 0.25) is 17.9 Å². The van der Waals surface area contributed by atoms with E-state index >= 15 is 0 Å². The van der Waals surface area contributed by atoms with Gasteiger partial charge in [-0.3, -0.25) is 0 Å². The lowest BCUT2D eigenvalue weighted by Gasteiger charge is -2.23. The van der Waals surface area contributed by atoms with Crippen molar-refractivity contribution in [2.75, 3.05) is 0 Å². The summed E-state index contributed by atoms with van der Waals surface area (Å²) in [5, 5.41) is 0. The molecule has 0 spiro atoms. The smallest absolute Gasteiger partial charge is 0.109 e. The Balaban J connectivity index is 2.11. The first kappa shape index (κ1) is 5.06. The van der Waals surface area contributed by atoms with Crippen molar-refractivity contribution in [2.45, 2.75) is 17.9 Å². The Morgan fingerprint density at radius 2 is 2.00 bits per heavy atom. The molecule has 0 unspecified atom stereocenters. The van der Waals surface area contributed by atoms with E-state index in [-0.39, 0.29) is 16.2 Å². The lowest BCUT2D eigenvalue weighted by Crippen LogP contribution is -2.32. The molecular formula is C3H9BrSi2. The van der Waals surface area contributed by atoms with Crippen LogP contribution in [-0.2, 0) is 0 Å². The van der Waals surface area contributed by atoms with E-state index in [0.717, 1.165) is 0 Å². The lowest BCUT2D eigenvalue weighted by molar-refractivity contribution is 1.59. The second kappa shape index (κ2) is 1.80. The minimum Gasteiger partial charge on any atom is -0.131 e. The fourth-order valence-corrected chi connectivity index (χ4v) is 18.7. The molecule has 0 aromatic carbocycles. The van der Waals surface area contributed by atoms with Gasteiger partial charge in [-0.15, -0.1) is 15.3 Å². The van der Waals surface area contributed by atoms with Crippen molar-refractivity contribution in [3.63, 3.8) is 0 Å². The van der Waals surface area contributed by atoms with E-state index in [1.165, 1.54) is 0 Å². The van der Waals surface area contributed by atoms with Crippen LogP contribution in [0.25, 0.3) is 0 Å². The molecule has 0 nitrogen and oxygen atoms in total. The number of rotatable bonds is 0. The van der Waals surface area contributed by atoms with Gasteiger partial charge < -0.3 is 0 Å². The van der Waals surface area contributed by atoms with E-state index < -0.39 is 0 Å². The minimum atomic E-state index is -0.153. The van der Waals surface area contributed by atoms with Crippen molar-refractivity contribution in [3.8, 4) is 0 Å². The van der Waals surface area contributed by atoms with Crippen LogP contribution in [0.15, 0.2) is 0 Å². The molecule has 0 amide bonds. The molecule has 0 atom stereocenters. The Hall–Kier alpha value is 0.914. The fourth-order valence-electron chi connectivity index (χ4n) is 0.804. The molecule has 1 heterocycles. The third kappa shape index (κ3) is 0.947. The van der Waals surface area contributed by atoms with Crippen LogP contribution < -0.4 is 0 Å². The Morgan fingerprint density at radius 3 is 2.00 bits per heavy atom. The first-order chi connectivity index (χ1) is 2.79. The van der Waals surface area contributed by atoms with E-state index in [1.807, 2.05) is 0 Å². The summed E-state index contributed by atoms with van der Waals surface area (Å²) in [5.74, 6) is 0. The van der Waals surface area contributed by atoms with Crippen LogP contribution in [0, 0.1) is 0 Å². The number of halogens is 1. The van der Waals surface area contributed by atoms with E-state index in [1.54, 1.807) is 11.3 Å². The van der Waals surface area contributed by atoms with Crippen molar-refractivity contribution < 1.29 is 0 Å². The maximum Gasteiger partial charge on any atom is 0.109 e. The third-order valence-electron chi connectivity index (χ3n) is 1.32. The quantitative estimate of drug-likeness (QED) is 0.387. The highest BCUT2D eigenvalue weighted by molar-refractivity contribution is 9.24. The zero-order valence-corrected chi connectivity index (χ0v) is 7.84. The monoisotopic (exact) mass is 180 g/mol. The SMILES string of the molecule is C[SiH]1C[SiH](Br)C1. The van der Waals surface area contributed by atoms with Crippen molar-refractivity contribution in [1.29, 1.82) is 0 Å². The average molecular weight is 181 g/mol. The van der Waals surface area contributed by atoms with Crippen molar-refractivity contribution in [3.05, 3.63) is 0 Å². The summed E-state index contributed by atoms with van der Waals surface area (Å²) in [6, 6.07) is 0. The van der Waals surface area contributed by atoms with Gasteiger partial charge in [-0.2, -0.15) is 0 Å². The Bertz CT molecular complexity index is 44.8. The molecule has 1 aliphatic rings. The molecule has 0 saturated carbocycles. The van der Waals surface area contributed by atoms with Crippen molar-refractivity contribution >= 4 is 31.5 Å². The van der Waals surface area contributed by atoms with E-state index in [4.69, 9.17) is 0 Å². The molecule has 1 aliphatic heterocycles. The van der Waals surface area contributed by atoms with E-state index in [0.29, 0.717) is 0 Å². The van der Waals surface area contributed by atoms with Crippen LogP contribution >= 0.6 is 15.3 Å². The molecule has 0 N–H and O–H groups in total. The standard InChI is InChI=1S/C3H9BrSi2/c1-5-2-6(4)3-5/h5-6H,2-3H2,1H3. The lowest BCUT2D eigenvalue weighted by atomic mass is 11.7. The largest absolute Gasteiger partial charge is 0.131 e. The van der Waals surface area contributed by atoms with Gasteiger partial charge in [-0.25, -0.2) is 0 Å². The summed E-state index contributed by atoms with van der Waals surface area (Å²) < 4.78 is 0. The highest BCUT2D eigenvalue weighted by Gasteiger charge is 2.24. The predicted molar refractivity (Wildman–Crippen MR) is 38.7 cm³/mol. The van der Waals surface area contributed by atoms with Crippen molar-refractivity contribution in [2.24, 2.45) is 0 Å². The van der Waals surface area contributed by atoms with Gasteiger partial charge in [0.05, 0.1) is 0 Å². The minimum absolute atomic E-state index is 0.0122. The molecule has 1 fully saturated rings. The van der Waals surface area contributed by atoms with E-state index in [9.17, 15) is 0 Å². The second-order valence-corrected chi connectivity index (χ2v) is 13.2. The normalized spacial score (nSPS) is 45.0. The molecule has 0 radical (unpaired) electrons. The van der Waals surface area contributed by atoms with Crippen LogP contribution in [0.4, 0.5) is 0 Å². The van der Waals surface area contributed by atoms with Crippen LogP contribution in [0.5, 0.6) is 0 Å². The van der Waals surface area contributed by atoms with Crippen molar-refractivity contribution in [1.82, 2.24) is 0 Å². The summed E-state index contributed by atoms with van der Waals surface area (Å²) in [6.45, 7) is 2.46. The van der Waals surface area contributed by atoms with Gasteiger partial charge in [0.1, 0.15) is 7.42 Å². The number of hydrogen-bond donors (Lipinski definition) is 0. The summed E-state index contributed by atoms with van der Waals surface area (Å²) >= 11 is 3.67. The fraction of sp³-hybridized carbons (Fsp3) is 1.00. The maximum absolute atomic E-state index is 3.67. The van der Waals surface area contributed by atoms with Gasteiger partial charge in [0.25, 0.3) is 0 Å². The Morgan fingerprint density at radius 1 is 1.50 bits per heavy atom. The van der Waals surface area contributed by atoms with E-state index in [2.05, 4.69) is 21.8 Å². The van der Waals surface area contributed by atoms with Crippen LogP contribution in [0.3, 0.4) is 0 Å². The topological polar surface area (TPSA) is 0 Å². The highest BCUT2D eigenvalue weighted by Crippen LogP contribution is 2.23. The maximum atomic E-state index is 3.67. The van der Waals surface area contributed by atoms with Gasteiger partial charge >= 0.3 is 0 Å². The molecular weight excluding hydrogens is 172 g/mol. The molecule has 0 aromatic rings. The summed E-state index contributed by atoms with van der Waals surface area (Å²) in [5.41, 5.74) is 3.33. The molecule has 6 heavy (non-hydrogen) atoms. The average Bonchev–Trinajstić information content (AvgIpc) is 1.33. The van der Waals surface area contributed by atoms with Gasteiger partial charge in [0, 0.05) is 8.80 Å². The molecule has 0 aromatic heterocycles. The van der Waals surface area contributed by atoms with Gasteiger partial charge in [0.15, 0.2) is 0 Å². The summed E-state index contributed by atoms with van der Waals surface area (Å²) in [4.78, 5) is 0. The molecule has 1 rings (SSSR count). The summed E-state index contributed by atoms with van der Waals surface area (Å²) in [6.07, 6.45) is 0. The predicted octanol–water partition coefficient (Wildman–Crippen LogP) is 1.05. The molecule has 36 valence electrons. The molecule has 1 saturated heterocycles.